The average molecular weight is 464 g/mol. The van der Waals surface area contributed by atoms with Crippen molar-refractivity contribution in [3.63, 3.8) is 0 Å². The lowest BCUT2D eigenvalue weighted by Gasteiger charge is -2.12. The van der Waals surface area contributed by atoms with Crippen LogP contribution in [-0.4, -0.2) is 51.5 Å². The van der Waals surface area contributed by atoms with E-state index in [9.17, 15) is 14.5 Å². The van der Waals surface area contributed by atoms with Crippen LogP contribution in [0.25, 0.3) is 0 Å². The van der Waals surface area contributed by atoms with Crippen LogP contribution in [0.3, 0.4) is 0 Å². The van der Waals surface area contributed by atoms with Gasteiger partial charge in [0.25, 0.3) is 0 Å². The van der Waals surface area contributed by atoms with Gasteiger partial charge in [0.05, 0.1) is 6.61 Å². The van der Waals surface area contributed by atoms with Gasteiger partial charge in [0.1, 0.15) is 18.8 Å². The van der Waals surface area contributed by atoms with Crippen LogP contribution in [0.2, 0.25) is 0 Å². The third-order valence-corrected chi connectivity index (χ3v) is 4.59. The first-order valence-electron chi connectivity index (χ1n) is 10.6. The largest absolute Gasteiger partial charge is 0.469 e. The molecular weight excluding hydrogens is 427 g/mol. The molecule has 0 aliphatic carbocycles. The van der Waals surface area contributed by atoms with Crippen LogP contribution in [0.4, 0.5) is 0 Å². The van der Waals surface area contributed by atoms with E-state index >= 15 is 0 Å². The summed E-state index contributed by atoms with van der Waals surface area (Å²) < 4.78 is 19.5. The van der Waals surface area contributed by atoms with Crippen molar-refractivity contribution in [2.75, 3.05) is 13.2 Å². The second kappa shape index (κ2) is 19.4. The Kier molecular flexibility index (Phi) is 18.5. The molecule has 0 aliphatic heterocycles. The standard InChI is InChI=1S/C21H37O9P/c1-2-3-11-14-20(30-24)15-12-9-7-5-4-6-8-10-13-16-21(23)28-17-19(22)18-29-31(25,26)27/h3,7,9,11-12,15,19-20,22,24H,2,4-6,8,10,13-14,16-18H2,1H3,(H2,25,26,27)/b9-7-,11-3-,15-12+. The average Bonchev–Trinajstić information content (AvgIpc) is 2.72. The molecule has 0 saturated carbocycles. The molecule has 31 heavy (non-hydrogen) atoms. The van der Waals surface area contributed by atoms with E-state index in [0.29, 0.717) is 12.8 Å². The fourth-order valence-electron chi connectivity index (χ4n) is 2.47. The summed E-state index contributed by atoms with van der Waals surface area (Å²) in [6.45, 7) is 1.08. The minimum Gasteiger partial charge on any atom is -0.463 e. The second-order valence-electron chi connectivity index (χ2n) is 7.00. The number of unbranched alkanes of at least 4 members (excludes halogenated alkanes) is 5. The maximum Gasteiger partial charge on any atom is 0.469 e. The molecule has 0 aromatic rings. The minimum atomic E-state index is -4.64. The number of hydrogen-bond donors (Lipinski definition) is 4. The molecule has 2 unspecified atom stereocenters. The highest BCUT2D eigenvalue weighted by atomic mass is 31.2. The third kappa shape index (κ3) is 21.7. The molecule has 0 aromatic heterocycles. The number of aliphatic hydroxyl groups excluding tert-OH is 1. The number of carbonyl (C=O) groups excluding carboxylic acids is 1. The van der Waals surface area contributed by atoms with Crippen LogP contribution in [0.5, 0.6) is 0 Å². The lowest BCUT2D eigenvalue weighted by atomic mass is 10.1. The van der Waals surface area contributed by atoms with Crippen LogP contribution >= 0.6 is 7.82 Å². The molecule has 0 radical (unpaired) electrons. The van der Waals surface area contributed by atoms with E-state index in [4.69, 9.17) is 19.8 Å². The highest BCUT2D eigenvalue weighted by Gasteiger charge is 2.17. The van der Waals surface area contributed by atoms with Gasteiger partial charge in [-0.05, 0) is 32.1 Å². The minimum absolute atomic E-state index is 0.234. The molecule has 0 bridgehead atoms. The van der Waals surface area contributed by atoms with Gasteiger partial charge in [0.15, 0.2) is 0 Å². The number of phosphoric ester groups is 1. The zero-order chi connectivity index (χ0) is 23.4. The SMILES string of the molecule is CC/C=C\CC(/C=C/C=C\CCCCCCCC(=O)OCC(O)COP(=O)(O)O)OO. The molecule has 2 atom stereocenters. The van der Waals surface area contributed by atoms with Gasteiger partial charge >= 0.3 is 13.8 Å². The molecule has 180 valence electrons. The fraction of sp³-hybridized carbons (Fsp3) is 0.667. The van der Waals surface area contributed by atoms with Gasteiger partial charge < -0.3 is 19.6 Å². The van der Waals surface area contributed by atoms with Gasteiger partial charge in [-0.15, -0.1) is 0 Å². The lowest BCUT2D eigenvalue weighted by Crippen LogP contribution is -2.23. The van der Waals surface area contributed by atoms with Gasteiger partial charge in [-0.2, -0.15) is 0 Å². The van der Waals surface area contributed by atoms with Crippen molar-refractivity contribution >= 4 is 13.8 Å². The summed E-state index contributed by atoms with van der Waals surface area (Å²) in [7, 11) is -4.64. The topological polar surface area (TPSA) is 143 Å². The van der Waals surface area contributed by atoms with Crippen molar-refractivity contribution in [2.45, 2.75) is 76.9 Å². The summed E-state index contributed by atoms with van der Waals surface area (Å²) in [5.74, 6) is -0.458. The maximum absolute atomic E-state index is 11.6. The van der Waals surface area contributed by atoms with Crippen LogP contribution in [0.1, 0.15) is 64.7 Å². The summed E-state index contributed by atoms with van der Waals surface area (Å²) in [4.78, 5) is 33.0. The molecule has 0 rings (SSSR count). The van der Waals surface area contributed by atoms with Crippen LogP contribution in [0.15, 0.2) is 36.5 Å². The predicted molar refractivity (Wildman–Crippen MR) is 117 cm³/mol. The van der Waals surface area contributed by atoms with Crippen molar-refractivity contribution in [1.29, 1.82) is 0 Å². The number of phosphoric acid groups is 1. The molecule has 0 spiro atoms. The van der Waals surface area contributed by atoms with E-state index < -0.39 is 26.5 Å². The van der Waals surface area contributed by atoms with E-state index in [1.165, 1.54) is 0 Å². The van der Waals surface area contributed by atoms with E-state index in [1.54, 1.807) is 6.08 Å². The van der Waals surface area contributed by atoms with Crippen molar-refractivity contribution in [2.24, 2.45) is 0 Å². The third-order valence-electron chi connectivity index (χ3n) is 4.10. The van der Waals surface area contributed by atoms with Crippen molar-refractivity contribution < 1.29 is 43.7 Å². The Bertz CT molecular complexity index is 583. The first-order valence-corrected chi connectivity index (χ1v) is 12.1. The van der Waals surface area contributed by atoms with Crippen LogP contribution < -0.4 is 0 Å². The Labute approximate surface area is 184 Å². The number of allylic oxidation sites excluding steroid dienone is 4. The van der Waals surface area contributed by atoms with Gasteiger partial charge in [-0.25, -0.2) is 9.45 Å². The number of carbonyl (C=O) groups is 1. The predicted octanol–water partition coefficient (Wildman–Crippen LogP) is 4.06. The highest BCUT2D eigenvalue weighted by molar-refractivity contribution is 7.46. The first kappa shape index (κ1) is 29.7. The zero-order valence-corrected chi connectivity index (χ0v) is 19.1. The molecule has 10 heteroatoms. The van der Waals surface area contributed by atoms with Crippen molar-refractivity contribution in [3.8, 4) is 0 Å². The zero-order valence-electron chi connectivity index (χ0n) is 18.2. The van der Waals surface area contributed by atoms with E-state index in [2.05, 4.69) is 15.5 Å². The first-order chi connectivity index (χ1) is 14.8. The number of rotatable bonds is 19. The van der Waals surface area contributed by atoms with Crippen molar-refractivity contribution in [3.05, 3.63) is 36.5 Å². The monoisotopic (exact) mass is 464 g/mol. The van der Waals surface area contributed by atoms with Crippen molar-refractivity contribution in [1.82, 2.24) is 0 Å². The smallest absolute Gasteiger partial charge is 0.463 e. The van der Waals surface area contributed by atoms with E-state index in [-0.39, 0.29) is 19.1 Å². The molecule has 0 heterocycles. The Morgan fingerprint density at radius 1 is 1.00 bits per heavy atom. The lowest BCUT2D eigenvalue weighted by molar-refractivity contribution is -0.264. The molecule has 0 saturated heterocycles. The molecule has 9 nitrogen and oxygen atoms in total. The number of esters is 1. The van der Waals surface area contributed by atoms with Gasteiger partial charge in [-0.3, -0.25) is 14.6 Å². The Balaban J connectivity index is 3.64. The summed E-state index contributed by atoms with van der Waals surface area (Å²) in [6, 6.07) is 0. The van der Waals surface area contributed by atoms with E-state index in [1.807, 2.05) is 31.2 Å². The molecule has 0 amide bonds. The normalized spacial score (nSPS) is 14.6. The Morgan fingerprint density at radius 3 is 2.39 bits per heavy atom. The Hall–Kier alpha value is -1.32. The second-order valence-corrected chi connectivity index (χ2v) is 8.24. The highest BCUT2D eigenvalue weighted by Crippen LogP contribution is 2.35. The summed E-state index contributed by atoms with van der Waals surface area (Å²) in [5.41, 5.74) is 0. The molecule has 0 aliphatic rings. The van der Waals surface area contributed by atoms with Gasteiger partial charge in [0, 0.05) is 6.42 Å². The number of aliphatic hydroxyl groups is 1. The summed E-state index contributed by atoms with van der Waals surface area (Å²) in [6.07, 6.45) is 17.5. The fourth-order valence-corrected chi connectivity index (χ4v) is 2.84. The summed E-state index contributed by atoms with van der Waals surface area (Å²) in [5, 5.41) is 18.2. The van der Waals surface area contributed by atoms with E-state index in [0.717, 1.165) is 38.5 Å². The molecule has 4 N–H and O–H groups in total. The van der Waals surface area contributed by atoms with Crippen LogP contribution in [-0.2, 0) is 23.5 Å². The summed E-state index contributed by atoms with van der Waals surface area (Å²) >= 11 is 0. The van der Waals surface area contributed by atoms with Gasteiger partial charge in [-0.1, -0.05) is 62.6 Å². The maximum atomic E-state index is 11.6. The quantitative estimate of drug-likeness (QED) is 0.0423. The number of ether oxygens (including phenoxy) is 1. The molecule has 0 fully saturated rings. The van der Waals surface area contributed by atoms with Gasteiger partial charge in [0.2, 0.25) is 0 Å². The molecule has 0 aromatic carbocycles. The molecular formula is C21H37O9P. The van der Waals surface area contributed by atoms with Crippen LogP contribution in [0, 0.1) is 0 Å². The number of hydrogen-bond acceptors (Lipinski definition) is 7. The Morgan fingerprint density at radius 2 is 1.71 bits per heavy atom.